The van der Waals surface area contributed by atoms with Crippen molar-refractivity contribution in [3.8, 4) is 6.07 Å². The topological polar surface area (TPSA) is 92.5 Å². The maximum absolute atomic E-state index is 15.1. The van der Waals surface area contributed by atoms with Gasteiger partial charge >= 0.3 is 6.18 Å². The Bertz CT molecular complexity index is 1270. The third-order valence-corrected chi connectivity index (χ3v) is 7.19. The van der Waals surface area contributed by atoms with E-state index < -0.39 is 40.9 Å². The van der Waals surface area contributed by atoms with Gasteiger partial charge < -0.3 is 15.3 Å². The normalized spacial score (nSPS) is 18.8. The van der Waals surface area contributed by atoms with Gasteiger partial charge in [-0.3, -0.25) is 9.69 Å². The number of alkyl halides is 3. The molecule has 2 aromatic rings. The molecule has 2 heterocycles. The predicted octanol–water partition coefficient (Wildman–Crippen LogP) is 4.74. The first kappa shape index (κ1) is 26.8. The molecule has 2 fully saturated rings. The van der Waals surface area contributed by atoms with Crippen LogP contribution in [0.25, 0.3) is 0 Å². The third-order valence-electron chi connectivity index (χ3n) is 6.81. The van der Waals surface area contributed by atoms with E-state index in [-0.39, 0.29) is 22.1 Å². The van der Waals surface area contributed by atoms with E-state index in [0.717, 1.165) is 36.1 Å². The fourth-order valence-corrected chi connectivity index (χ4v) is 5.18. The summed E-state index contributed by atoms with van der Waals surface area (Å²) in [5.41, 5.74) is -3.06. The highest BCUT2D eigenvalue weighted by molar-refractivity contribution is 7.80. The number of thiocarbonyl (C=S) groups is 1. The molecule has 196 valence electrons. The second-order valence-electron chi connectivity index (χ2n) is 9.62. The predicted molar refractivity (Wildman–Crippen MR) is 132 cm³/mol. The number of halogens is 4. The Morgan fingerprint density at radius 3 is 2.57 bits per heavy atom. The Labute approximate surface area is 216 Å². The number of anilines is 2. The van der Waals surface area contributed by atoms with E-state index in [9.17, 15) is 23.1 Å². The Balaban J connectivity index is 1.68. The first-order valence-electron chi connectivity index (χ1n) is 11.8. The highest BCUT2D eigenvalue weighted by atomic mass is 32.1. The molecule has 1 spiro atoms. The molecule has 0 bridgehead atoms. The number of carbonyl (C=O) groups is 1. The minimum Gasteiger partial charge on any atom is -0.371 e. The lowest BCUT2D eigenvalue weighted by atomic mass is 9.74. The molecule has 2 aliphatic rings. The molecule has 12 heteroatoms. The molecule has 1 unspecified atom stereocenters. The van der Waals surface area contributed by atoms with Gasteiger partial charge in [0.1, 0.15) is 11.9 Å². The quantitative estimate of drug-likeness (QED) is 0.408. The van der Waals surface area contributed by atoms with Crippen molar-refractivity contribution >= 4 is 34.6 Å². The monoisotopic (exact) mass is 535 g/mol. The Kier molecular flexibility index (Phi) is 7.14. The summed E-state index contributed by atoms with van der Waals surface area (Å²) in [7, 11) is 0. The van der Waals surface area contributed by atoms with Crippen molar-refractivity contribution in [3.05, 3.63) is 53.1 Å². The smallest absolute Gasteiger partial charge is 0.371 e. The Morgan fingerprint density at radius 2 is 2.03 bits per heavy atom. The molecule has 7 nitrogen and oxygen atoms in total. The van der Waals surface area contributed by atoms with Crippen LogP contribution in [-0.4, -0.2) is 39.4 Å². The number of hydrogen-bond acceptors (Lipinski definition) is 5. The average Bonchev–Trinajstić information content (AvgIpc) is 3.04. The molecule has 2 N–H and O–H groups in total. The van der Waals surface area contributed by atoms with Crippen LogP contribution in [-0.2, 0) is 6.18 Å². The first-order chi connectivity index (χ1) is 17.4. The van der Waals surface area contributed by atoms with Crippen LogP contribution in [0.2, 0.25) is 0 Å². The summed E-state index contributed by atoms with van der Waals surface area (Å²) >= 11 is 5.58. The highest BCUT2D eigenvalue weighted by Gasteiger charge is 2.59. The summed E-state index contributed by atoms with van der Waals surface area (Å²) < 4.78 is 55.7. The SMILES string of the molecule is CC(C)CCNC(=O)c1ccc(N2C(=S)N(c3cnc(C#N)c(C(F)(F)F)c3)C(O)C23CCC3)cc1F. The van der Waals surface area contributed by atoms with Gasteiger partial charge in [-0.1, -0.05) is 13.8 Å². The summed E-state index contributed by atoms with van der Waals surface area (Å²) in [6.45, 7) is 4.41. The van der Waals surface area contributed by atoms with Crippen molar-refractivity contribution in [2.45, 2.75) is 57.5 Å². The van der Waals surface area contributed by atoms with E-state index in [1.165, 1.54) is 23.1 Å². The van der Waals surface area contributed by atoms with Crippen LogP contribution in [0.1, 0.15) is 61.1 Å². The maximum Gasteiger partial charge on any atom is 0.419 e. The van der Waals surface area contributed by atoms with E-state index in [0.29, 0.717) is 25.3 Å². The van der Waals surface area contributed by atoms with Crippen molar-refractivity contribution in [2.75, 3.05) is 16.3 Å². The minimum absolute atomic E-state index is 0.0413. The molecule has 1 amide bonds. The summed E-state index contributed by atoms with van der Waals surface area (Å²) in [5.74, 6) is -0.975. The first-order valence-corrected chi connectivity index (χ1v) is 12.2. The van der Waals surface area contributed by atoms with Gasteiger partial charge in [-0.2, -0.15) is 18.4 Å². The lowest BCUT2D eigenvalue weighted by Gasteiger charge is -2.46. The van der Waals surface area contributed by atoms with Crippen LogP contribution in [0.3, 0.4) is 0 Å². The zero-order valence-electron chi connectivity index (χ0n) is 20.1. The van der Waals surface area contributed by atoms with Gasteiger partial charge in [0.25, 0.3) is 5.91 Å². The number of rotatable bonds is 6. The summed E-state index contributed by atoms with van der Waals surface area (Å²) in [6.07, 6.45) is -2.76. The van der Waals surface area contributed by atoms with Gasteiger partial charge in [0.05, 0.1) is 28.6 Å². The summed E-state index contributed by atoms with van der Waals surface area (Å²) in [6, 6.07) is 6.11. The number of pyridine rings is 1. The minimum atomic E-state index is -4.84. The Morgan fingerprint density at radius 1 is 1.32 bits per heavy atom. The van der Waals surface area contributed by atoms with Crippen molar-refractivity contribution in [3.63, 3.8) is 0 Å². The molecule has 1 atom stereocenters. The van der Waals surface area contributed by atoms with Crippen molar-refractivity contribution in [1.82, 2.24) is 10.3 Å². The second kappa shape index (κ2) is 9.87. The van der Waals surface area contributed by atoms with Crippen LogP contribution in [0.15, 0.2) is 30.5 Å². The van der Waals surface area contributed by atoms with E-state index in [4.69, 9.17) is 17.5 Å². The zero-order chi connectivity index (χ0) is 27.1. The highest BCUT2D eigenvalue weighted by Crippen LogP contribution is 2.50. The number of amides is 1. The van der Waals surface area contributed by atoms with Gasteiger partial charge in [0, 0.05) is 12.2 Å². The molecule has 1 aromatic heterocycles. The Hall–Kier alpha value is -3.30. The zero-order valence-corrected chi connectivity index (χ0v) is 21.0. The van der Waals surface area contributed by atoms with Crippen molar-refractivity contribution in [2.24, 2.45) is 5.92 Å². The number of benzene rings is 1. The second-order valence-corrected chi connectivity index (χ2v) is 9.99. The fourth-order valence-electron chi connectivity index (χ4n) is 4.69. The number of aliphatic hydroxyl groups excluding tert-OH is 1. The van der Waals surface area contributed by atoms with Gasteiger partial charge in [0.15, 0.2) is 17.0 Å². The number of aliphatic hydroxyl groups is 1. The van der Waals surface area contributed by atoms with E-state index in [1.807, 2.05) is 13.8 Å². The number of nitriles is 1. The number of hydrogen-bond donors (Lipinski definition) is 2. The van der Waals surface area contributed by atoms with Crippen LogP contribution >= 0.6 is 12.2 Å². The summed E-state index contributed by atoms with van der Waals surface area (Å²) in [4.78, 5) is 18.7. The van der Waals surface area contributed by atoms with E-state index >= 15 is 4.39 Å². The molecule has 37 heavy (non-hydrogen) atoms. The molecule has 1 saturated carbocycles. The molecular weight excluding hydrogens is 510 g/mol. The van der Waals surface area contributed by atoms with Crippen molar-refractivity contribution < 1.29 is 27.5 Å². The molecule has 1 aliphatic heterocycles. The molecule has 4 rings (SSSR count). The summed E-state index contributed by atoms with van der Waals surface area (Å²) in [5, 5.41) is 22.9. The van der Waals surface area contributed by atoms with Gasteiger partial charge in [-0.15, -0.1) is 0 Å². The number of carbonyl (C=O) groups excluding carboxylic acids is 1. The molecule has 1 aromatic carbocycles. The van der Waals surface area contributed by atoms with Gasteiger partial charge in [-0.05, 0) is 68.1 Å². The number of nitrogens with one attached hydrogen (secondary N) is 1. The fraction of sp³-hybridized carbons (Fsp3) is 0.440. The third kappa shape index (κ3) is 4.73. The lowest BCUT2D eigenvalue weighted by molar-refractivity contribution is -0.138. The van der Waals surface area contributed by atoms with Gasteiger partial charge in [-0.25, -0.2) is 9.37 Å². The van der Waals surface area contributed by atoms with Crippen LogP contribution < -0.4 is 15.1 Å². The maximum atomic E-state index is 15.1. The average molecular weight is 536 g/mol. The van der Waals surface area contributed by atoms with Crippen LogP contribution in [0.5, 0.6) is 0 Å². The number of nitrogens with zero attached hydrogens (tertiary/aromatic N) is 4. The molecule has 0 radical (unpaired) electrons. The van der Waals surface area contributed by atoms with Gasteiger partial charge in [0.2, 0.25) is 0 Å². The molecular formula is C25H25F4N5O2S. The van der Waals surface area contributed by atoms with E-state index in [2.05, 4.69) is 10.3 Å². The molecule has 1 saturated heterocycles. The number of aromatic nitrogens is 1. The van der Waals surface area contributed by atoms with Crippen molar-refractivity contribution in [1.29, 1.82) is 5.26 Å². The van der Waals surface area contributed by atoms with Crippen LogP contribution in [0, 0.1) is 23.1 Å². The lowest BCUT2D eigenvalue weighted by Crippen LogP contribution is -2.57. The van der Waals surface area contributed by atoms with E-state index in [1.54, 1.807) is 0 Å². The largest absolute Gasteiger partial charge is 0.419 e. The standard InChI is InChI=1S/C25H25F4N5O2S/c1-14(2)6-9-31-21(35)17-5-4-15(11-19(17)26)34-23(37)33(22(36)24(34)7-3-8-24)16-10-18(25(27,28)29)20(12-30)32-13-16/h4-5,10-11,13-14,22,36H,3,6-9H2,1-2H3,(H,31,35). The molecule has 1 aliphatic carbocycles. The van der Waals surface area contributed by atoms with Crippen LogP contribution in [0.4, 0.5) is 28.9 Å².